The van der Waals surface area contributed by atoms with Gasteiger partial charge in [0, 0.05) is 35.5 Å². The Morgan fingerprint density at radius 3 is 2.36 bits per heavy atom. The zero-order chi connectivity index (χ0) is 27.9. The average molecular weight is 538 g/mol. The molecule has 0 aliphatic heterocycles. The Morgan fingerprint density at radius 1 is 0.974 bits per heavy atom. The number of alkyl halides is 4. The van der Waals surface area contributed by atoms with Crippen molar-refractivity contribution in [2.75, 3.05) is 5.32 Å². The molecule has 0 radical (unpaired) electrons. The fourth-order valence-corrected chi connectivity index (χ4v) is 4.98. The van der Waals surface area contributed by atoms with Gasteiger partial charge in [-0.25, -0.2) is 19.3 Å². The van der Waals surface area contributed by atoms with Gasteiger partial charge in [0.25, 0.3) is 0 Å². The number of nitrogens with one attached hydrogen (secondary N) is 1. The van der Waals surface area contributed by atoms with Crippen LogP contribution in [0.2, 0.25) is 0 Å². The summed E-state index contributed by atoms with van der Waals surface area (Å²) in [4.78, 5) is 13.3. The summed E-state index contributed by atoms with van der Waals surface area (Å²) in [6.45, 7) is 8.26. The average Bonchev–Trinajstić information content (AvgIpc) is 3.52. The maximum Gasteiger partial charge on any atom is 0.434 e. The van der Waals surface area contributed by atoms with E-state index < -0.39 is 18.0 Å². The lowest BCUT2D eigenvalue weighted by Gasteiger charge is -2.16. The molecule has 5 rings (SSSR count). The molecule has 0 spiro atoms. The lowest BCUT2D eigenvalue weighted by Crippen LogP contribution is -2.09. The van der Waals surface area contributed by atoms with Crippen LogP contribution in [-0.2, 0) is 19.1 Å². The Balaban J connectivity index is 1.42. The summed E-state index contributed by atoms with van der Waals surface area (Å²) >= 11 is 0. The van der Waals surface area contributed by atoms with Crippen LogP contribution in [0.4, 0.5) is 23.4 Å². The Bertz CT molecular complexity index is 1470. The van der Waals surface area contributed by atoms with E-state index >= 15 is 0 Å². The van der Waals surface area contributed by atoms with Crippen LogP contribution in [-0.4, -0.2) is 19.5 Å². The topological polar surface area (TPSA) is 55.6 Å². The van der Waals surface area contributed by atoms with E-state index in [0.717, 1.165) is 28.5 Å². The first-order chi connectivity index (χ1) is 18.5. The van der Waals surface area contributed by atoms with Crippen molar-refractivity contribution in [1.29, 1.82) is 0 Å². The minimum atomic E-state index is -4.51. The first kappa shape index (κ1) is 26.8. The molecule has 1 aliphatic rings. The van der Waals surface area contributed by atoms with Crippen molar-refractivity contribution in [3.63, 3.8) is 0 Å². The van der Waals surface area contributed by atoms with E-state index in [2.05, 4.69) is 29.1 Å². The van der Waals surface area contributed by atoms with Crippen molar-refractivity contribution in [1.82, 2.24) is 19.5 Å². The molecule has 5 nitrogen and oxygen atoms in total. The number of benzene rings is 2. The third kappa shape index (κ3) is 5.40. The monoisotopic (exact) mass is 537 g/mol. The molecule has 1 N–H and O–H groups in total. The van der Waals surface area contributed by atoms with Crippen molar-refractivity contribution < 1.29 is 17.6 Å². The van der Waals surface area contributed by atoms with Crippen molar-refractivity contribution in [2.45, 2.75) is 71.4 Å². The quantitative estimate of drug-likeness (QED) is 0.241. The second kappa shape index (κ2) is 10.4. The van der Waals surface area contributed by atoms with E-state index in [4.69, 9.17) is 4.98 Å². The van der Waals surface area contributed by atoms with Gasteiger partial charge < -0.3 is 9.88 Å². The predicted octanol–water partition coefficient (Wildman–Crippen LogP) is 8.30. The largest absolute Gasteiger partial charge is 0.434 e. The molecule has 0 fully saturated rings. The lowest BCUT2D eigenvalue weighted by atomic mass is 9.96. The van der Waals surface area contributed by atoms with Crippen molar-refractivity contribution in [3.05, 3.63) is 82.8 Å². The molecular weight excluding hydrogens is 506 g/mol. The Morgan fingerprint density at radius 2 is 1.69 bits per heavy atom. The maximum absolute atomic E-state index is 14.8. The second-order valence-corrected chi connectivity index (χ2v) is 10.5. The number of halogens is 4. The molecule has 204 valence electrons. The molecule has 2 aromatic carbocycles. The number of aromatic nitrogens is 4. The van der Waals surface area contributed by atoms with Crippen molar-refractivity contribution in [2.24, 2.45) is 0 Å². The van der Waals surface area contributed by atoms with Crippen molar-refractivity contribution in [3.8, 4) is 22.8 Å². The number of anilines is 1. The summed E-state index contributed by atoms with van der Waals surface area (Å²) in [7, 11) is 0. The van der Waals surface area contributed by atoms with E-state index in [9.17, 15) is 17.6 Å². The molecule has 0 bridgehead atoms. The van der Waals surface area contributed by atoms with Gasteiger partial charge in [0.1, 0.15) is 17.8 Å². The van der Waals surface area contributed by atoms with Crippen LogP contribution < -0.4 is 5.32 Å². The zero-order valence-electron chi connectivity index (χ0n) is 22.4. The molecule has 2 aromatic heterocycles. The number of hydrogen-bond donors (Lipinski definition) is 1. The Labute approximate surface area is 225 Å². The second-order valence-electron chi connectivity index (χ2n) is 10.5. The van der Waals surface area contributed by atoms with Crippen LogP contribution in [0.15, 0.2) is 54.7 Å². The summed E-state index contributed by atoms with van der Waals surface area (Å²) in [5.74, 6) is 1.64. The zero-order valence-corrected chi connectivity index (χ0v) is 22.4. The first-order valence-corrected chi connectivity index (χ1v) is 13.2. The minimum Gasteiger partial charge on any atom is -0.366 e. The van der Waals surface area contributed by atoms with E-state index in [1.165, 1.54) is 4.57 Å². The Hall–Kier alpha value is -3.75. The minimum absolute atomic E-state index is 0.181. The molecule has 9 heteroatoms. The molecule has 2 heterocycles. The highest BCUT2D eigenvalue weighted by molar-refractivity contribution is 5.65. The van der Waals surface area contributed by atoms with E-state index in [0.29, 0.717) is 42.3 Å². The van der Waals surface area contributed by atoms with Gasteiger partial charge in [-0.3, -0.25) is 0 Å². The number of hydrogen-bond acceptors (Lipinski definition) is 4. The SMILES string of the molecule is CC(C)c1ccccc1-c1nc(NCc2ccc(-c3nc(C(F)(F)F)cn3C(C)C)cc2)c2c(n1)C(F)CC2. The van der Waals surface area contributed by atoms with Crippen LogP contribution in [0.3, 0.4) is 0 Å². The summed E-state index contributed by atoms with van der Waals surface area (Å²) in [5.41, 5.74) is 3.82. The standard InChI is InChI=1S/C30H31F4N5/c1-17(2)21-7-5-6-8-22(21)28-37-26-23(13-14-24(26)31)27(38-28)35-15-19-9-11-20(12-10-19)29-36-25(30(32,33)34)16-39(29)18(3)4/h5-12,16-18,24H,13-15H2,1-4H3,(H,35,37,38). The fraction of sp³-hybridized carbons (Fsp3) is 0.367. The van der Waals surface area contributed by atoms with Gasteiger partial charge in [-0.15, -0.1) is 0 Å². The normalized spacial score (nSPS) is 15.3. The third-order valence-corrected chi connectivity index (χ3v) is 7.06. The van der Waals surface area contributed by atoms with E-state index in [1.807, 2.05) is 50.2 Å². The van der Waals surface area contributed by atoms with Crippen LogP contribution >= 0.6 is 0 Å². The number of rotatable bonds is 7. The first-order valence-electron chi connectivity index (χ1n) is 13.2. The molecule has 0 saturated carbocycles. The van der Waals surface area contributed by atoms with Gasteiger partial charge in [-0.05, 0) is 43.7 Å². The summed E-state index contributed by atoms with van der Waals surface area (Å²) in [6.07, 6.45) is -3.64. The highest BCUT2D eigenvalue weighted by Gasteiger charge is 2.35. The van der Waals surface area contributed by atoms with E-state index in [-0.39, 0.29) is 17.8 Å². The third-order valence-electron chi connectivity index (χ3n) is 7.06. The summed E-state index contributed by atoms with van der Waals surface area (Å²) in [6, 6.07) is 15.0. The van der Waals surface area contributed by atoms with Crippen LogP contribution in [0.5, 0.6) is 0 Å². The molecule has 1 atom stereocenters. The van der Waals surface area contributed by atoms with Crippen LogP contribution in [0.25, 0.3) is 22.8 Å². The number of nitrogens with zero attached hydrogens (tertiary/aromatic N) is 4. The van der Waals surface area contributed by atoms with Gasteiger partial charge in [-0.1, -0.05) is 62.4 Å². The molecular formula is C30H31F4N5. The van der Waals surface area contributed by atoms with Gasteiger partial charge in [-0.2, -0.15) is 13.2 Å². The highest BCUT2D eigenvalue weighted by Crippen LogP contribution is 2.39. The lowest BCUT2D eigenvalue weighted by molar-refractivity contribution is -0.140. The molecule has 1 aliphatic carbocycles. The number of fused-ring (bicyclic) bond motifs is 1. The van der Waals surface area contributed by atoms with Gasteiger partial charge in [0.2, 0.25) is 0 Å². The molecule has 0 amide bonds. The summed E-state index contributed by atoms with van der Waals surface area (Å²) < 4.78 is 56.2. The predicted molar refractivity (Wildman–Crippen MR) is 144 cm³/mol. The Kier molecular flexibility index (Phi) is 7.18. The number of imidazole rings is 1. The molecule has 4 aromatic rings. The molecule has 0 saturated heterocycles. The van der Waals surface area contributed by atoms with Gasteiger partial charge in [0.15, 0.2) is 11.5 Å². The highest BCUT2D eigenvalue weighted by atomic mass is 19.4. The molecule has 1 unspecified atom stereocenters. The fourth-order valence-electron chi connectivity index (χ4n) is 4.98. The van der Waals surface area contributed by atoms with Crippen LogP contribution in [0, 0.1) is 0 Å². The van der Waals surface area contributed by atoms with Crippen LogP contribution in [0.1, 0.15) is 80.3 Å². The van der Waals surface area contributed by atoms with E-state index in [1.54, 1.807) is 12.1 Å². The van der Waals surface area contributed by atoms with Gasteiger partial charge >= 0.3 is 6.18 Å². The van der Waals surface area contributed by atoms with Crippen molar-refractivity contribution >= 4 is 5.82 Å². The summed E-state index contributed by atoms with van der Waals surface area (Å²) in [5, 5.41) is 3.37. The van der Waals surface area contributed by atoms with Gasteiger partial charge in [0.05, 0.1) is 5.69 Å². The molecule has 39 heavy (non-hydrogen) atoms. The maximum atomic E-state index is 14.8. The smallest absolute Gasteiger partial charge is 0.366 e.